The number of hydrogen-bond acceptors (Lipinski definition) is 3. The average molecular weight is 271 g/mol. The van der Waals surface area contributed by atoms with E-state index >= 15 is 0 Å². The summed E-state index contributed by atoms with van der Waals surface area (Å²) >= 11 is 0. The van der Waals surface area contributed by atoms with E-state index in [2.05, 4.69) is 31.1 Å². The monoisotopic (exact) mass is 271 g/mol. The summed E-state index contributed by atoms with van der Waals surface area (Å²) in [4.78, 5) is 11.3. The van der Waals surface area contributed by atoms with Crippen LogP contribution in [0.2, 0.25) is 0 Å². The number of carboxylic acids is 1. The van der Waals surface area contributed by atoms with E-state index in [1.165, 1.54) is 4.68 Å². The Hall–Kier alpha value is -2.43. The summed E-state index contributed by atoms with van der Waals surface area (Å²) in [6, 6.07) is 9.26. The quantitative estimate of drug-likeness (QED) is 0.931. The molecule has 1 aromatic carbocycles. The van der Waals surface area contributed by atoms with Crippen molar-refractivity contribution in [1.82, 2.24) is 15.0 Å². The number of rotatable bonds is 3. The zero-order chi connectivity index (χ0) is 14.8. The molecule has 1 N–H and O–H groups in total. The molecule has 0 aliphatic heterocycles. The zero-order valence-electron chi connectivity index (χ0n) is 11.7. The first-order valence-corrected chi connectivity index (χ1v) is 6.32. The van der Waals surface area contributed by atoms with Crippen LogP contribution in [0.5, 0.6) is 0 Å². The van der Waals surface area contributed by atoms with Crippen molar-refractivity contribution in [2.45, 2.75) is 20.8 Å². The second-order valence-electron chi connectivity index (χ2n) is 5.58. The van der Waals surface area contributed by atoms with Gasteiger partial charge in [-0.25, -0.2) is 9.48 Å². The van der Waals surface area contributed by atoms with Crippen molar-refractivity contribution in [3.8, 4) is 11.3 Å². The topological polar surface area (TPSA) is 68.0 Å². The number of aromatic nitrogens is 3. The van der Waals surface area contributed by atoms with E-state index in [4.69, 9.17) is 0 Å². The van der Waals surface area contributed by atoms with Gasteiger partial charge in [0.2, 0.25) is 0 Å². The smallest absolute Gasteiger partial charge is 0.358 e. The number of carbonyl (C=O) groups is 1. The molecule has 0 aliphatic rings. The van der Waals surface area contributed by atoms with Gasteiger partial charge >= 0.3 is 5.97 Å². The number of aromatic carboxylic acids is 1. The Morgan fingerprint density at radius 1 is 1.25 bits per heavy atom. The number of allylic oxidation sites excluding steroid dienone is 1. The Balaban J connectivity index is 2.55. The van der Waals surface area contributed by atoms with Crippen molar-refractivity contribution in [2.24, 2.45) is 5.41 Å². The van der Waals surface area contributed by atoms with Gasteiger partial charge in [-0.2, -0.15) is 0 Å². The molecule has 20 heavy (non-hydrogen) atoms. The van der Waals surface area contributed by atoms with Crippen molar-refractivity contribution < 1.29 is 9.90 Å². The van der Waals surface area contributed by atoms with Gasteiger partial charge in [-0.15, -0.1) is 5.10 Å². The summed E-state index contributed by atoms with van der Waals surface area (Å²) in [5.41, 5.74) is 1.19. The summed E-state index contributed by atoms with van der Waals surface area (Å²) in [5, 5.41) is 16.9. The van der Waals surface area contributed by atoms with Crippen LogP contribution in [-0.2, 0) is 0 Å². The van der Waals surface area contributed by atoms with Gasteiger partial charge in [-0.05, 0) is 5.41 Å². The van der Waals surface area contributed by atoms with Crippen LogP contribution >= 0.6 is 0 Å². The summed E-state index contributed by atoms with van der Waals surface area (Å²) < 4.78 is 1.50. The van der Waals surface area contributed by atoms with Crippen LogP contribution in [0.15, 0.2) is 36.4 Å². The van der Waals surface area contributed by atoms with E-state index in [1.54, 1.807) is 6.20 Å². The first-order valence-electron chi connectivity index (χ1n) is 6.32. The Labute approximate surface area is 117 Å². The minimum atomic E-state index is -1.08. The lowest BCUT2D eigenvalue weighted by molar-refractivity contribution is 0.0691. The van der Waals surface area contributed by atoms with Crippen molar-refractivity contribution in [3.05, 3.63) is 42.1 Å². The van der Waals surface area contributed by atoms with Crippen LogP contribution in [0, 0.1) is 5.41 Å². The van der Waals surface area contributed by atoms with E-state index in [1.807, 2.05) is 36.4 Å². The molecule has 0 bridgehead atoms. The lowest BCUT2D eigenvalue weighted by Gasteiger charge is -2.11. The molecule has 2 aromatic rings. The van der Waals surface area contributed by atoms with Crippen molar-refractivity contribution in [2.75, 3.05) is 0 Å². The highest BCUT2D eigenvalue weighted by Crippen LogP contribution is 2.23. The Bertz CT molecular complexity index is 637. The highest BCUT2D eigenvalue weighted by Gasteiger charge is 2.19. The Morgan fingerprint density at radius 2 is 1.90 bits per heavy atom. The van der Waals surface area contributed by atoms with Gasteiger partial charge in [0.1, 0.15) is 5.69 Å². The van der Waals surface area contributed by atoms with Crippen LogP contribution < -0.4 is 0 Å². The molecule has 0 fully saturated rings. The summed E-state index contributed by atoms with van der Waals surface area (Å²) in [5.74, 6) is -1.08. The second kappa shape index (κ2) is 5.28. The minimum Gasteiger partial charge on any atom is -0.476 e. The van der Waals surface area contributed by atoms with Gasteiger partial charge in [-0.1, -0.05) is 62.4 Å². The average Bonchev–Trinajstić information content (AvgIpc) is 2.80. The Kier molecular flexibility index (Phi) is 3.70. The van der Waals surface area contributed by atoms with Crippen LogP contribution in [-0.4, -0.2) is 26.1 Å². The highest BCUT2D eigenvalue weighted by molar-refractivity contribution is 5.93. The van der Waals surface area contributed by atoms with Gasteiger partial charge in [-0.3, -0.25) is 0 Å². The minimum absolute atomic E-state index is 0.0245. The van der Waals surface area contributed by atoms with Gasteiger partial charge < -0.3 is 5.11 Å². The van der Waals surface area contributed by atoms with Crippen molar-refractivity contribution >= 4 is 12.2 Å². The standard InChI is InChI=1S/C15H17N3O2/c1-15(2,3)9-10-18-13(11-7-5-4-6-8-11)12(14(19)20)16-17-18/h4-10H,1-3H3,(H,19,20)/b10-9+. The van der Waals surface area contributed by atoms with Crippen LogP contribution in [0.3, 0.4) is 0 Å². The third kappa shape index (κ3) is 3.12. The lowest BCUT2D eigenvalue weighted by Crippen LogP contribution is -2.03. The lowest BCUT2D eigenvalue weighted by atomic mass is 9.97. The molecule has 5 nitrogen and oxygen atoms in total. The molecule has 2 rings (SSSR count). The molecule has 0 amide bonds. The number of benzene rings is 1. The SMILES string of the molecule is CC(C)(C)/C=C/n1nnc(C(=O)O)c1-c1ccccc1. The van der Waals surface area contributed by atoms with E-state index in [0.29, 0.717) is 5.69 Å². The highest BCUT2D eigenvalue weighted by atomic mass is 16.4. The van der Waals surface area contributed by atoms with Gasteiger partial charge in [0.25, 0.3) is 0 Å². The predicted octanol–water partition coefficient (Wildman–Crippen LogP) is 3.16. The van der Waals surface area contributed by atoms with E-state index < -0.39 is 5.97 Å². The molecule has 0 saturated heterocycles. The largest absolute Gasteiger partial charge is 0.476 e. The maximum absolute atomic E-state index is 11.3. The molecule has 0 spiro atoms. The van der Waals surface area contributed by atoms with E-state index in [0.717, 1.165) is 5.56 Å². The number of nitrogens with zero attached hydrogens (tertiary/aromatic N) is 3. The molecular formula is C15H17N3O2. The predicted molar refractivity (Wildman–Crippen MR) is 77.2 cm³/mol. The van der Waals surface area contributed by atoms with Crippen molar-refractivity contribution in [3.63, 3.8) is 0 Å². The van der Waals surface area contributed by atoms with Crippen molar-refractivity contribution in [1.29, 1.82) is 0 Å². The molecule has 0 atom stereocenters. The molecule has 0 aliphatic carbocycles. The van der Waals surface area contributed by atoms with Crippen LogP contribution in [0.1, 0.15) is 31.3 Å². The zero-order valence-corrected chi connectivity index (χ0v) is 11.7. The van der Waals surface area contributed by atoms with Gasteiger partial charge in [0.15, 0.2) is 5.69 Å². The third-order valence-electron chi connectivity index (χ3n) is 2.66. The number of carboxylic acid groups (broad SMARTS) is 1. The van der Waals surface area contributed by atoms with Gasteiger partial charge in [0, 0.05) is 11.8 Å². The van der Waals surface area contributed by atoms with Crippen LogP contribution in [0.25, 0.3) is 17.5 Å². The first-order chi connectivity index (χ1) is 9.38. The number of hydrogen-bond donors (Lipinski definition) is 1. The second-order valence-corrected chi connectivity index (χ2v) is 5.58. The molecule has 1 heterocycles. The molecule has 5 heteroatoms. The van der Waals surface area contributed by atoms with E-state index in [-0.39, 0.29) is 11.1 Å². The van der Waals surface area contributed by atoms with E-state index in [9.17, 15) is 9.90 Å². The Morgan fingerprint density at radius 3 is 2.45 bits per heavy atom. The normalized spacial score (nSPS) is 11.9. The fourth-order valence-corrected chi connectivity index (χ4v) is 1.70. The molecule has 0 saturated carbocycles. The van der Waals surface area contributed by atoms with Gasteiger partial charge in [0.05, 0.1) is 0 Å². The maximum Gasteiger partial charge on any atom is 0.358 e. The molecule has 0 radical (unpaired) electrons. The van der Waals surface area contributed by atoms with Crippen LogP contribution in [0.4, 0.5) is 0 Å². The fraction of sp³-hybridized carbons (Fsp3) is 0.267. The summed E-state index contributed by atoms with van der Waals surface area (Å²) in [6.07, 6.45) is 3.71. The summed E-state index contributed by atoms with van der Waals surface area (Å²) in [7, 11) is 0. The maximum atomic E-state index is 11.3. The molecule has 1 aromatic heterocycles. The molecule has 104 valence electrons. The summed E-state index contributed by atoms with van der Waals surface area (Å²) in [6.45, 7) is 6.17. The third-order valence-corrected chi connectivity index (χ3v) is 2.66. The first kappa shape index (κ1) is 14.0. The molecular weight excluding hydrogens is 254 g/mol. The fourth-order valence-electron chi connectivity index (χ4n) is 1.70. The molecule has 0 unspecified atom stereocenters.